The highest BCUT2D eigenvalue weighted by Crippen LogP contribution is 2.19. The molecule has 1 aromatic heterocycles. The Morgan fingerprint density at radius 3 is 2.55 bits per heavy atom. The van der Waals surface area contributed by atoms with Gasteiger partial charge in [0.15, 0.2) is 6.10 Å². The maximum atomic E-state index is 12.1. The Hall–Kier alpha value is -3.53. The highest BCUT2D eigenvalue weighted by atomic mass is 32.2. The summed E-state index contributed by atoms with van der Waals surface area (Å²) < 4.78 is 5.13. The molecule has 29 heavy (non-hydrogen) atoms. The van der Waals surface area contributed by atoms with Gasteiger partial charge < -0.3 is 10.1 Å². The van der Waals surface area contributed by atoms with Crippen LogP contribution in [0.4, 0.5) is 11.4 Å². The number of thioether (sulfide) groups is 1. The number of hydrogen-bond acceptors (Lipinski definition) is 8. The molecule has 0 aliphatic heterocycles. The Kier molecular flexibility index (Phi) is 6.35. The van der Waals surface area contributed by atoms with Crippen LogP contribution in [0.15, 0.2) is 59.8 Å². The first kappa shape index (κ1) is 20.2. The number of esters is 1. The zero-order valence-corrected chi connectivity index (χ0v) is 16.1. The quantitative estimate of drug-likeness (QED) is 0.271. The number of anilines is 1. The fourth-order valence-electron chi connectivity index (χ4n) is 2.34. The normalized spacial score (nSPS) is 11.6. The number of rotatable bonds is 7. The second kappa shape index (κ2) is 9.11. The van der Waals surface area contributed by atoms with Gasteiger partial charge in [0.25, 0.3) is 11.6 Å². The maximum Gasteiger partial charge on any atom is 0.317 e. The number of hydrogen-bond donors (Lipinski definition) is 1. The molecule has 2 aromatic carbocycles. The molecule has 3 rings (SSSR count). The Balaban J connectivity index is 1.49. The van der Waals surface area contributed by atoms with Crippen molar-refractivity contribution in [3.05, 3.63) is 64.8 Å². The van der Waals surface area contributed by atoms with Crippen LogP contribution in [-0.2, 0) is 14.3 Å². The van der Waals surface area contributed by atoms with Gasteiger partial charge in [0.2, 0.25) is 0 Å². The van der Waals surface area contributed by atoms with Gasteiger partial charge in [-0.1, -0.05) is 23.9 Å². The molecular weight excluding hydrogens is 396 g/mol. The van der Waals surface area contributed by atoms with Crippen LogP contribution in [0.2, 0.25) is 0 Å². The van der Waals surface area contributed by atoms with Gasteiger partial charge in [0.05, 0.1) is 27.9 Å². The molecule has 1 amide bonds. The lowest BCUT2D eigenvalue weighted by Crippen LogP contribution is -2.30. The first-order valence-corrected chi connectivity index (χ1v) is 9.50. The summed E-state index contributed by atoms with van der Waals surface area (Å²) in [6.07, 6.45) is 0.548. The van der Waals surface area contributed by atoms with Gasteiger partial charge in [-0.3, -0.25) is 24.7 Å². The summed E-state index contributed by atoms with van der Waals surface area (Å²) in [5.41, 5.74) is 1.76. The molecule has 9 nitrogen and oxygen atoms in total. The van der Waals surface area contributed by atoms with Crippen molar-refractivity contribution in [2.24, 2.45) is 0 Å². The lowest BCUT2D eigenvalue weighted by molar-refractivity contribution is -0.384. The number of nitro groups is 1. The summed E-state index contributed by atoms with van der Waals surface area (Å²) in [7, 11) is 0. The van der Waals surface area contributed by atoms with Gasteiger partial charge in [-0.15, -0.1) is 0 Å². The van der Waals surface area contributed by atoms with Crippen LogP contribution >= 0.6 is 11.8 Å². The molecule has 0 saturated heterocycles. The third-order valence-corrected chi connectivity index (χ3v) is 4.66. The molecule has 148 valence electrons. The van der Waals surface area contributed by atoms with E-state index in [0.29, 0.717) is 10.7 Å². The minimum Gasteiger partial charge on any atom is -0.452 e. The van der Waals surface area contributed by atoms with Crippen molar-refractivity contribution in [2.75, 3.05) is 11.1 Å². The average Bonchev–Trinajstić information content (AvgIpc) is 2.72. The van der Waals surface area contributed by atoms with Gasteiger partial charge in [-0.25, -0.2) is 4.98 Å². The van der Waals surface area contributed by atoms with Crippen molar-refractivity contribution < 1.29 is 19.2 Å². The number of carbonyl (C=O) groups excluding carboxylic acids is 2. The van der Waals surface area contributed by atoms with Gasteiger partial charge in [0, 0.05) is 17.8 Å². The van der Waals surface area contributed by atoms with Crippen molar-refractivity contribution in [1.82, 2.24) is 9.97 Å². The number of fused-ring (bicyclic) bond motifs is 1. The van der Waals surface area contributed by atoms with E-state index >= 15 is 0 Å². The molecule has 0 saturated carbocycles. The average molecular weight is 412 g/mol. The second-order valence-corrected chi connectivity index (χ2v) is 6.91. The number of non-ortho nitro benzene ring substituents is 1. The van der Waals surface area contributed by atoms with E-state index in [2.05, 4.69) is 15.3 Å². The topological polar surface area (TPSA) is 124 Å². The number of carbonyl (C=O) groups is 2. The van der Waals surface area contributed by atoms with Crippen molar-refractivity contribution in [2.45, 2.75) is 18.1 Å². The monoisotopic (exact) mass is 412 g/mol. The summed E-state index contributed by atoms with van der Waals surface area (Å²) in [6, 6.07) is 12.7. The summed E-state index contributed by atoms with van der Waals surface area (Å²) >= 11 is 1.16. The predicted molar refractivity (Wildman–Crippen MR) is 108 cm³/mol. The largest absolute Gasteiger partial charge is 0.452 e. The predicted octanol–water partition coefficient (Wildman–Crippen LogP) is 3.20. The maximum absolute atomic E-state index is 12.1. The number of nitro benzene ring substituents is 1. The van der Waals surface area contributed by atoms with Crippen LogP contribution in [0.5, 0.6) is 0 Å². The van der Waals surface area contributed by atoms with Crippen LogP contribution in [0.1, 0.15) is 6.92 Å². The number of benzene rings is 2. The lowest BCUT2D eigenvalue weighted by Gasteiger charge is -2.13. The van der Waals surface area contributed by atoms with E-state index in [-0.39, 0.29) is 11.4 Å². The molecule has 0 radical (unpaired) electrons. The van der Waals surface area contributed by atoms with Crippen molar-refractivity contribution in [3.8, 4) is 0 Å². The van der Waals surface area contributed by atoms with E-state index in [1.165, 1.54) is 31.2 Å². The Bertz CT molecular complexity index is 1060. The van der Waals surface area contributed by atoms with Gasteiger partial charge in [0.1, 0.15) is 5.03 Å². The van der Waals surface area contributed by atoms with E-state index in [4.69, 9.17) is 4.74 Å². The first-order chi connectivity index (χ1) is 13.9. The van der Waals surface area contributed by atoms with Gasteiger partial charge in [-0.05, 0) is 31.2 Å². The molecule has 1 unspecified atom stereocenters. The van der Waals surface area contributed by atoms with Crippen LogP contribution < -0.4 is 5.32 Å². The minimum atomic E-state index is -1.03. The van der Waals surface area contributed by atoms with Crippen LogP contribution in [-0.4, -0.2) is 38.6 Å². The third-order valence-electron chi connectivity index (χ3n) is 3.79. The molecule has 10 heteroatoms. The molecule has 0 aliphatic carbocycles. The van der Waals surface area contributed by atoms with E-state index in [9.17, 15) is 19.7 Å². The van der Waals surface area contributed by atoms with Crippen molar-refractivity contribution in [3.63, 3.8) is 0 Å². The molecule has 3 aromatic rings. The lowest BCUT2D eigenvalue weighted by atomic mass is 10.2. The zero-order chi connectivity index (χ0) is 20.8. The Morgan fingerprint density at radius 1 is 1.17 bits per heavy atom. The van der Waals surface area contributed by atoms with Crippen molar-refractivity contribution in [1.29, 1.82) is 0 Å². The summed E-state index contributed by atoms with van der Waals surface area (Å²) in [6.45, 7) is 1.44. The van der Waals surface area contributed by atoms with Crippen LogP contribution in [0.25, 0.3) is 11.0 Å². The number of para-hydroxylation sites is 2. The minimum absolute atomic E-state index is 0.0256. The molecule has 0 fully saturated rings. The molecule has 1 heterocycles. The van der Waals surface area contributed by atoms with E-state index in [0.717, 1.165) is 22.8 Å². The standard InChI is InChI=1S/C19H16N4O5S/c1-12(19(25)21-13-6-8-14(9-7-13)23(26)27)28-18(24)11-29-17-10-20-15-4-2-3-5-16(15)22-17/h2-10,12H,11H2,1H3,(H,21,25). The smallest absolute Gasteiger partial charge is 0.317 e. The molecule has 0 bridgehead atoms. The second-order valence-electron chi connectivity index (χ2n) is 5.91. The van der Waals surface area contributed by atoms with Crippen LogP contribution in [0, 0.1) is 10.1 Å². The number of nitrogens with one attached hydrogen (secondary N) is 1. The van der Waals surface area contributed by atoms with Gasteiger partial charge >= 0.3 is 5.97 Å². The number of amides is 1. The molecule has 1 N–H and O–H groups in total. The summed E-state index contributed by atoms with van der Waals surface area (Å²) in [5.74, 6) is -1.14. The molecule has 1 atom stereocenters. The summed E-state index contributed by atoms with van der Waals surface area (Å²) in [5, 5.41) is 13.8. The highest BCUT2D eigenvalue weighted by molar-refractivity contribution is 7.99. The summed E-state index contributed by atoms with van der Waals surface area (Å²) in [4.78, 5) is 42.9. The molecular formula is C19H16N4O5S. The third kappa shape index (κ3) is 5.48. The fourth-order valence-corrected chi connectivity index (χ4v) is 2.96. The Labute approximate surface area is 169 Å². The van der Waals surface area contributed by atoms with Crippen LogP contribution in [0.3, 0.4) is 0 Å². The first-order valence-electron chi connectivity index (χ1n) is 8.52. The number of nitrogens with zero attached hydrogens (tertiary/aromatic N) is 3. The van der Waals surface area contributed by atoms with Gasteiger partial charge in [-0.2, -0.15) is 0 Å². The SMILES string of the molecule is CC(OC(=O)CSc1cnc2ccccc2n1)C(=O)Nc1ccc([N+](=O)[O-])cc1. The number of aromatic nitrogens is 2. The highest BCUT2D eigenvalue weighted by Gasteiger charge is 2.18. The van der Waals surface area contributed by atoms with E-state index < -0.39 is 22.9 Å². The van der Waals surface area contributed by atoms with E-state index in [1.54, 1.807) is 6.20 Å². The van der Waals surface area contributed by atoms with Crippen molar-refractivity contribution >= 4 is 46.0 Å². The zero-order valence-electron chi connectivity index (χ0n) is 15.3. The Morgan fingerprint density at radius 2 is 1.86 bits per heavy atom. The fraction of sp³-hybridized carbons (Fsp3) is 0.158. The molecule has 0 aliphatic rings. The van der Waals surface area contributed by atoms with E-state index in [1.807, 2.05) is 24.3 Å². The molecule has 0 spiro atoms. The number of ether oxygens (including phenoxy) is 1.